The first-order chi connectivity index (χ1) is 10.3. The van der Waals surface area contributed by atoms with E-state index in [1.807, 2.05) is 0 Å². The van der Waals surface area contributed by atoms with E-state index in [-0.39, 0.29) is 0 Å². The summed E-state index contributed by atoms with van der Waals surface area (Å²) >= 11 is 0. The van der Waals surface area contributed by atoms with Crippen molar-refractivity contribution in [2.24, 2.45) is 5.92 Å². The highest BCUT2D eigenvalue weighted by Gasteiger charge is 2.16. The lowest BCUT2D eigenvalue weighted by molar-refractivity contribution is 0.101. The standard InChI is InChI=1S/C19H31NO/c1-3-20-15-17(9-6-11-19-12-7-13-21-19)14-18-10-5-4-8-16(18)2/h4-5,8,10,17,19-20H,3,6-7,9,11-15H2,1-2H3. The summed E-state index contributed by atoms with van der Waals surface area (Å²) in [6.07, 6.45) is 8.13. The van der Waals surface area contributed by atoms with Crippen LogP contribution in [0.2, 0.25) is 0 Å². The van der Waals surface area contributed by atoms with Gasteiger partial charge in [0.15, 0.2) is 0 Å². The van der Waals surface area contributed by atoms with Gasteiger partial charge in [0.2, 0.25) is 0 Å². The molecule has 2 atom stereocenters. The van der Waals surface area contributed by atoms with Gasteiger partial charge in [0.1, 0.15) is 0 Å². The van der Waals surface area contributed by atoms with E-state index in [2.05, 4.69) is 43.4 Å². The smallest absolute Gasteiger partial charge is 0.0576 e. The third kappa shape index (κ3) is 5.80. The molecule has 1 aromatic carbocycles. The molecule has 0 radical (unpaired) electrons. The summed E-state index contributed by atoms with van der Waals surface area (Å²) in [5, 5.41) is 3.54. The van der Waals surface area contributed by atoms with E-state index in [0.717, 1.165) is 25.6 Å². The first kappa shape index (κ1) is 16.5. The predicted octanol–water partition coefficient (Wildman–Crippen LogP) is 4.11. The Morgan fingerprint density at radius 3 is 2.90 bits per heavy atom. The zero-order valence-electron chi connectivity index (χ0n) is 13.7. The van der Waals surface area contributed by atoms with Crippen molar-refractivity contribution in [3.8, 4) is 0 Å². The van der Waals surface area contributed by atoms with Gasteiger partial charge in [0.25, 0.3) is 0 Å². The second-order valence-electron chi connectivity index (χ2n) is 6.37. The van der Waals surface area contributed by atoms with Crippen LogP contribution in [0.25, 0.3) is 0 Å². The minimum absolute atomic E-state index is 0.545. The fourth-order valence-electron chi connectivity index (χ4n) is 3.28. The summed E-state index contributed by atoms with van der Waals surface area (Å²) in [4.78, 5) is 0. The van der Waals surface area contributed by atoms with Crippen molar-refractivity contribution in [3.05, 3.63) is 35.4 Å². The molecule has 21 heavy (non-hydrogen) atoms. The molecule has 0 aromatic heterocycles. The minimum Gasteiger partial charge on any atom is -0.378 e. The van der Waals surface area contributed by atoms with E-state index in [1.165, 1.54) is 49.7 Å². The van der Waals surface area contributed by atoms with Crippen LogP contribution in [0.5, 0.6) is 0 Å². The highest BCUT2D eigenvalue weighted by Crippen LogP contribution is 2.22. The van der Waals surface area contributed by atoms with E-state index in [4.69, 9.17) is 4.74 Å². The molecule has 1 aromatic rings. The molecule has 2 rings (SSSR count). The number of benzene rings is 1. The average molecular weight is 289 g/mol. The molecular weight excluding hydrogens is 258 g/mol. The van der Waals surface area contributed by atoms with Gasteiger partial charge < -0.3 is 10.1 Å². The van der Waals surface area contributed by atoms with Crippen LogP contribution < -0.4 is 5.32 Å². The van der Waals surface area contributed by atoms with Gasteiger partial charge in [-0.2, -0.15) is 0 Å². The van der Waals surface area contributed by atoms with Crippen molar-refractivity contribution in [1.82, 2.24) is 5.32 Å². The van der Waals surface area contributed by atoms with Crippen LogP contribution in [0.4, 0.5) is 0 Å². The van der Waals surface area contributed by atoms with Crippen LogP contribution in [0.15, 0.2) is 24.3 Å². The van der Waals surface area contributed by atoms with Gasteiger partial charge in [-0.3, -0.25) is 0 Å². The maximum atomic E-state index is 5.74. The maximum Gasteiger partial charge on any atom is 0.0576 e. The highest BCUT2D eigenvalue weighted by atomic mass is 16.5. The molecule has 2 heteroatoms. The van der Waals surface area contributed by atoms with Crippen LogP contribution in [-0.2, 0) is 11.2 Å². The zero-order chi connectivity index (χ0) is 14.9. The van der Waals surface area contributed by atoms with E-state index in [9.17, 15) is 0 Å². The molecule has 0 amide bonds. The largest absolute Gasteiger partial charge is 0.378 e. The second-order valence-corrected chi connectivity index (χ2v) is 6.37. The van der Waals surface area contributed by atoms with E-state index in [0.29, 0.717) is 6.10 Å². The lowest BCUT2D eigenvalue weighted by Gasteiger charge is -2.19. The van der Waals surface area contributed by atoms with E-state index >= 15 is 0 Å². The summed E-state index contributed by atoms with van der Waals surface area (Å²) < 4.78 is 5.74. The quantitative estimate of drug-likeness (QED) is 0.738. The Kier molecular flexibility index (Phi) is 7.25. The maximum absolute atomic E-state index is 5.74. The SMILES string of the molecule is CCNCC(CCCC1CCCO1)Cc1ccccc1C. The first-order valence-electron chi connectivity index (χ1n) is 8.66. The van der Waals surface area contributed by atoms with Gasteiger partial charge in [0, 0.05) is 6.61 Å². The van der Waals surface area contributed by atoms with Crippen LogP contribution in [-0.4, -0.2) is 25.8 Å². The molecule has 1 saturated heterocycles. The van der Waals surface area contributed by atoms with Gasteiger partial charge in [0.05, 0.1) is 6.10 Å². The van der Waals surface area contributed by atoms with Gasteiger partial charge in [-0.25, -0.2) is 0 Å². The Balaban J connectivity index is 1.80. The average Bonchev–Trinajstić information content (AvgIpc) is 3.00. The number of hydrogen-bond donors (Lipinski definition) is 1. The fraction of sp³-hybridized carbons (Fsp3) is 0.684. The molecule has 0 spiro atoms. The fourth-order valence-corrected chi connectivity index (χ4v) is 3.28. The van der Waals surface area contributed by atoms with Crippen molar-refractivity contribution < 1.29 is 4.74 Å². The van der Waals surface area contributed by atoms with Gasteiger partial charge in [-0.05, 0) is 69.2 Å². The minimum atomic E-state index is 0.545. The lowest BCUT2D eigenvalue weighted by Crippen LogP contribution is -2.24. The summed E-state index contributed by atoms with van der Waals surface area (Å²) in [5.74, 6) is 0.743. The molecule has 1 N–H and O–H groups in total. The third-order valence-corrected chi connectivity index (χ3v) is 4.62. The summed E-state index contributed by atoms with van der Waals surface area (Å²) in [5.41, 5.74) is 2.94. The Morgan fingerprint density at radius 2 is 2.19 bits per heavy atom. The van der Waals surface area contributed by atoms with Gasteiger partial charge >= 0.3 is 0 Å². The van der Waals surface area contributed by atoms with Crippen molar-refractivity contribution in [2.45, 2.75) is 58.5 Å². The van der Waals surface area contributed by atoms with Gasteiger partial charge in [-0.1, -0.05) is 37.6 Å². The summed E-state index contributed by atoms with van der Waals surface area (Å²) in [6.45, 7) is 7.60. The van der Waals surface area contributed by atoms with E-state index in [1.54, 1.807) is 0 Å². The lowest BCUT2D eigenvalue weighted by atomic mass is 9.91. The van der Waals surface area contributed by atoms with Crippen molar-refractivity contribution in [1.29, 1.82) is 0 Å². The van der Waals surface area contributed by atoms with Crippen molar-refractivity contribution in [2.75, 3.05) is 19.7 Å². The third-order valence-electron chi connectivity index (χ3n) is 4.62. The van der Waals surface area contributed by atoms with Crippen molar-refractivity contribution >= 4 is 0 Å². The molecule has 0 aliphatic carbocycles. The Morgan fingerprint density at radius 1 is 1.33 bits per heavy atom. The molecular formula is C19H31NO. The molecule has 0 saturated carbocycles. The van der Waals surface area contributed by atoms with Crippen LogP contribution in [0.3, 0.4) is 0 Å². The normalized spacial score (nSPS) is 19.8. The van der Waals surface area contributed by atoms with Crippen LogP contribution in [0, 0.1) is 12.8 Å². The zero-order valence-corrected chi connectivity index (χ0v) is 13.7. The van der Waals surface area contributed by atoms with Gasteiger partial charge in [-0.15, -0.1) is 0 Å². The molecule has 1 aliphatic heterocycles. The predicted molar refractivity (Wildman–Crippen MR) is 89.7 cm³/mol. The number of aryl methyl sites for hydroxylation is 1. The Bertz CT molecular complexity index is 398. The Labute approximate surface area is 130 Å². The topological polar surface area (TPSA) is 21.3 Å². The van der Waals surface area contributed by atoms with Crippen molar-refractivity contribution in [3.63, 3.8) is 0 Å². The molecule has 2 unspecified atom stereocenters. The monoisotopic (exact) mass is 289 g/mol. The summed E-state index contributed by atoms with van der Waals surface area (Å²) in [6, 6.07) is 8.81. The number of ether oxygens (including phenoxy) is 1. The molecule has 2 nitrogen and oxygen atoms in total. The Hall–Kier alpha value is -0.860. The second kappa shape index (κ2) is 9.22. The molecule has 1 aliphatic rings. The molecule has 1 heterocycles. The van der Waals surface area contributed by atoms with Crippen LogP contribution >= 0.6 is 0 Å². The summed E-state index contributed by atoms with van der Waals surface area (Å²) in [7, 11) is 0. The molecule has 1 fully saturated rings. The first-order valence-corrected chi connectivity index (χ1v) is 8.66. The number of rotatable bonds is 9. The highest BCUT2D eigenvalue weighted by molar-refractivity contribution is 5.25. The van der Waals surface area contributed by atoms with E-state index < -0.39 is 0 Å². The van der Waals surface area contributed by atoms with Crippen LogP contribution in [0.1, 0.15) is 50.2 Å². The molecule has 0 bridgehead atoms. The molecule has 118 valence electrons. The number of hydrogen-bond acceptors (Lipinski definition) is 2. The number of nitrogens with one attached hydrogen (secondary N) is 1.